The van der Waals surface area contributed by atoms with Gasteiger partial charge in [0, 0.05) is 0 Å². The summed E-state index contributed by atoms with van der Waals surface area (Å²) < 4.78 is 5.28. The van der Waals surface area contributed by atoms with E-state index in [1.165, 1.54) is 22.3 Å². The number of rotatable bonds is 3. The van der Waals surface area contributed by atoms with Crippen LogP contribution >= 0.6 is 0 Å². The fourth-order valence-corrected chi connectivity index (χ4v) is 3.63. The van der Waals surface area contributed by atoms with Crippen LogP contribution in [-0.4, -0.2) is 24.6 Å². The van der Waals surface area contributed by atoms with Gasteiger partial charge in [0.15, 0.2) is 0 Å². The SMILES string of the molecule is O=C(NC(=O)[C@@H]1CCCN1)OCc1cccc2c1Cc1ccccc1-2. The molecule has 1 atom stereocenters. The Labute approximate surface area is 146 Å². The number of carbonyl (C=O) groups is 2. The van der Waals surface area contributed by atoms with Crippen LogP contribution in [0, 0.1) is 0 Å². The van der Waals surface area contributed by atoms with Gasteiger partial charge < -0.3 is 10.1 Å². The van der Waals surface area contributed by atoms with E-state index in [9.17, 15) is 9.59 Å². The van der Waals surface area contributed by atoms with Crippen LogP contribution in [-0.2, 0) is 22.6 Å². The van der Waals surface area contributed by atoms with Crippen LogP contribution in [0.25, 0.3) is 11.1 Å². The van der Waals surface area contributed by atoms with Crippen molar-refractivity contribution in [1.82, 2.24) is 10.6 Å². The van der Waals surface area contributed by atoms with E-state index in [0.717, 1.165) is 31.4 Å². The smallest absolute Gasteiger partial charge is 0.414 e. The maximum atomic E-state index is 11.9. The minimum atomic E-state index is -0.688. The lowest BCUT2D eigenvalue weighted by molar-refractivity contribution is -0.122. The van der Waals surface area contributed by atoms with Crippen LogP contribution in [0.1, 0.15) is 29.5 Å². The number of ether oxygens (including phenoxy) is 1. The zero-order chi connectivity index (χ0) is 17.2. The molecule has 128 valence electrons. The normalized spacial score (nSPS) is 17.7. The van der Waals surface area contributed by atoms with Gasteiger partial charge in [-0.1, -0.05) is 42.5 Å². The van der Waals surface area contributed by atoms with Crippen molar-refractivity contribution < 1.29 is 14.3 Å². The molecular formula is C20H20N2O3. The van der Waals surface area contributed by atoms with E-state index >= 15 is 0 Å². The zero-order valence-corrected chi connectivity index (χ0v) is 13.9. The van der Waals surface area contributed by atoms with Gasteiger partial charge in [-0.2, -0.15) is 0 Å². The Bertz CT molecular complexity index is 825. The molecule has 1 fully saturated rings. The fraction of sp³-hybridized carbons (Fsp3) is 0.300. The zero-order valence-electron chi connectivity index (χ0n) is 13.9. The summed E-state index contributed by atoms with van der Waals surface area (Å²) in [6.07, 6.45) is 1.86. The first-order chi connectivity index (χ1) is 12.2. The van der Waals surface area contributed by atoms with E-state index in [2.05, 4.69) is 28.8 Å². The average Bonchev–Trinajstić information content (AvgIpc) is 3.28. The van der Waals surface area contributed by atoms with Crippen molar-refractivity contribution in [3.05, 3.63) is 59.2 Å². The van der Waals surface area contributed by atoms with Crippen LogP contribution in [0.5, 0.6) is 0 Å². The van der Waals surface area contributed by atoms with Gasteiger partial charge in [0.2, 0.25) is 5.91 Å². The number of fused-ring (bicyclic) bond motifs is 3. The van der Waals surface area contributed by atoms with E-state index in [0.29, 0.717) is 0 Å². The standard InChI is InChI=1S/C20H20N2O3/c23-19(18-9-4-10-21-18)22-20(24)25-12-14-6-3-8-16-15-7-2-1-5-13(15)11-17(14)16/h1-3,5-8,18,21H,4,9-12H2,(H,22,23,24)/t18-/m0/s1. The predicted molar refractivity (Wildman–Crippen MR) is 94.0 cm³/mol. The molecule has 2 amide bonds. The molecule has 0 radical (unpaired) electrons. The second-order valence-corrected chi connectivity index (χ2v) is 6.49. The van der Waals surface area contributed by atoms with E-state index in [4.69, 9.17) is 4.74 Å². The summed E-state index contributed by atoms with van der Waals surface area (Å²) in [5.74, 6) is -0.312. The van der Waals surface area contributed by atoms with Crippen molar-refractivity contribution in [3.8, 4) is 11.1 Å². The highest BCUT2D eigenvalue weighted by Crippen LogP contribution is 2.38. The van der Waals surface area contributed by atoms with E-state index in [1.807, 2.05) is 24.3 Å². The van der Waals surface area contributed by atoms with Crippen molar-refractivity contribution >= 4 is 12.0 Å². The van der Waals surface area contributed by atoms with Crippen LogP contribution < -0.4 is 10.6 Å². The third-order valence-electron chi connectivity index (χ3n) is 4.91. The number of imide groups is 1. The molecule has 0 bridgehead atoms. The Kier molecular flexibility index (Phi) is 4.24. The minimum Gasteiger partial charge on any atom is -0.444 e. The van der Waals surface area contributed by atoms with Gasteiger partial charge in [0.25, 0.3) is 0 Å². The van der Waals surface area contributed by atoms with Gasteiger partial charge in [-0.25, -0.2) is 4.79 Å². The summed E-state index contributed by atoms with van der Waals surface area (Å²) >= 11 is 0. The molecule has 0 spiro atoms. The Balaban J connectivity index is 1.41. The number of benzene rings is 2. The van der Waals surface area contributed by atoms with Gasteiger partial charge in [-0.3, -0.25) is 10.1 Å². The molecule has 1 aliphatic carbocycles. The van der Waals surface area contributed by atoms with Crippen molar-refractivity contribution in [2.24, 2.45) is 0 Å². The lowest BCUT2D eigenvalue weighted by Crippen LogP contribution is -2.43. The summed E-state index contributed by atoms with van der Waals surface area (Å²) in [4.78, 5) is 23.8. The molecule has 1 saturated heterocycles. The van der Waals surface area contributed by atoms with Crippen LogP contribution in [0.2, 0.25) is 0 Å². The molecule has 2 N–H and O–H groups in total. The second-order valence-electron chi connectivity index (χ2n) is 6.49. The summed E-state index contributed by atoms with van der Waals surface area (Å²) in [6, 6.07) is 14.1. The molecule has 0 saturated carbocycles. The van der Waals surface area contributed by atoms with E-state index < -0.39 is 6.09 Å². The van der Waals surface area contributed by atoms with Gasteiger partial charge in [-0.15, -0.1) is 0 Å². The van der Waals surface area contributed by atoms with Crippen LogP contribution in [0.3, 0.4) is 0 Å². The third-order valence-corrected chi connectivity index (χ3v) is 4.91. The Morgan fingerprint density at radius 3 is 2.80 bits per heavy atom. The Morgan fingerprint density at radius 2 is 1.96 bits per heavy atom. The maximum absolute atomic E-state index is 11.9. The highest BCUT2D eigenvalue weighted by atomic mass is 16.5. The number of amides is 2. The van der Waals surface area contributed by atoms with E-state index in [1.54, 1.807) is 0 Å². The third kappa shape index (κ3) is 3.15. The van der Waals surface area contributed by atoms with Crippen molar-refractivity contribution in [1.29, 1.82) is 0 Å². The van der Waals surface area contributed by atoms with Crippen molar-refractivity contribution in [3.63, 3.8) is 0 Å². The summed E-state index contributed by atoms with van der Waals surface area (Å²) in [5, 5.41) is 5.37. The van der Waals surface area contributed by atoms with Gasteiger partial charge in [0.05, 0.1) is 6.04 Å². The molecule has 1 aliphatic heterocycles. The van der Waals surface area contributed by atoms with Crippen molar-refractivity contribution in [2.45, 2.75) is 31.9 Å². The first-order valence-electron chi connectivity index (χ1n) is 8.62. The molecule has 2 aromatic carbocycles. The second kappa shape index (κ2) is 6.69. The van der Waals surface area contributed by atoms with Gasteiger partial charge in [0.1, 0.15) is 6.61 Å². The topological polar surface area (TPSA) is 67.4 Å². The summed E-state index contributed by atoms with van der Waals surface area (Å²) in [5.41, 5.74) is 5.90. The summed E-state index contributed by atoms with van der Waals surface area (Å²) in [7, 11) is 0. The molecule has 2 aromatic rings. The molecule has 1 heterocycles. The van der Waals surface area contributed by atoms with Crippen LogP contribution in [0.15, 0.2) is 42.5 Å². The predicted octanol–water partition coefficient (Wildman–Crippen LogP) is 2.76. The monoisotopic (exact) mass is 336 g/mol. The lowest BCUT2D eigenvalue weighted by Gasteiger charge is -2.12. The molecular weight excluding hydrogens is 316 g/mol. The van der Waals surface area contributed by atoms with Gasteiger partial charge in [-0.05, 0) is 53.6 Å². The number of alkyl carbamates (subject to hydrolysis) is 1. The molecule has 5 nitrogen and oxygen atoms in total. The molecule has 5 heteroatoms. The first-order valence-corrected chi connectivity index (χ1v) is 8.62. The molecule has 0 unspecified atom stereocenters. The molecule has 4 rings (SSSR count). The number of nitrogens with one attached hydrogen (secondary N) is 2. The molecule has 0 aromatic heterocycles. The molecule has 2 aliphatic rings. The average molecular weight is 336 g/mol. The summed E-state index contributed by atoms with van der Waals surface area (Å²) in [6.45, 7) is 0.970. The Morgan fingerprint density at radius 1 is 1.12 bits per heavy atom. The fourth-order valence-electron chi connectivity index (χ4n) is 3.63. The first kappa shape index (κ1) is 15.8. The maximum Gasteiger partial charge on any atom is 0.414 e. The minimum absolute atomic E-state index is 0.161. The van der Waals surface area contributed by atoms with E-state index in [-0.39, 0.29) is 18.6 Å². The van der Waals surface area contributed by atoms with Crippen molar-refractivity contribution in [2.75, 3.05) is 6.54 Å². The number of carbonyl (C=O) groups excluding carboxylic acids is 2. The largest absolute Gasteiger partial charge is 0.444 e. The number of hydrogen-bond acceptors (Lipinski definition) is 4. The highest BCUT2D eigenvalue weighted by molar-refractivity contribution is 5.95. The quantitative estimate of drug-likeness (QED) is 0.772. The highest BCUT2D eigenvalue weighted by Gasteiger charge is 2.24. The molecule has 25 heavy (non-hydrogen) atoms. The number of hydrogen-bond donors (Lipinski definition) is 2. The van der Waals surface area contributed by atoms with Crippen LogP contribution in [0.4, 0.5) is 4.79 Å². The lowest BCUT2D eigenvalue weighted by atomic mass is 10.0. The van der Waals surface area contributed by atoms with Gasteiger partial charge >= 0.3 is 6.09 Å². The Hall–Kier alpha value is -2.66.